The maximum atomic E-state index is 13.7. The van der Waals surface area contributed by atoms with E-state index in [0.29, 0.717) is 12.1 Å². The minimum atomic E-state index is -0.841. The summed E-state index contributed by atoms with van der Waals surface area (Å²) in [4.78, 5) is 2.36. The molecule has 0 amide bonds. The van der Waals surface area contributed by atoms with Crippen molar-refractivity contribution in [1.29, 1.82) is 0 Å². The van der Waals surface area contributed by atoms with Crippen LogP contribution < -0.4 is 10.2 Å². The molecule has 1 saturated heterocycles. The molecule has 0 aromatic heterocycles. The number of halogens is 2. The Morgan fingerprint density at radius 1 is 1.25 bits per heavy atom. The second-order valence-electron chi connectivity index (χ2n) is 6.20. The van der Waals surface area contributed by atoms with Gasteiger partial charge in [0.2, 0.25) is 0 Å². The number of hydrogen-bond acceptors (Lipinski definition) is 3. The largest absolute Gasteiger partial charge is 0.389 e. The molecule has 0 spiro atoms. The van der Waals surface area contributed by atoms with Crippen LogP contribution in [0.25, 0.3) is 0 Å². The number of rotatable bonds is 5. The number of aliphatic hydroxyl groups excluding tert-OH is 1. The van der Waals surface area contributed by atoms with Gasteiger partial charge in [0, 0.05) is 47.2 Å². The summed E-state index contributed by atoms with van der Waals surface area (Å²) in [5.41, 5.74) is 3.26. The molecule has 2 aromatic rings. The van der Waals surface area contributed by atoms with Crippen LogP contribution in [0.2, 0.25) is 5.02 Å². The summed E-state index contributed by atoms with van der Waals surface area (Å²) >= 11 is 6.41. The lowest BCUT2D eigenvalue weighted by Gasteiger charge is -2.23. The molecular weight excluding hydrogens is 327 g/mol. The van der Waals surface area contributed by atoms with Gasteiger partial charge >= 0.3 is 0 Å². The lowest BCUT2D eigenvalue weighted by atomic mass is 10.1. The number of hydrogen-bond donors (Lipinski definition) is 2. The van der Waals surface area contributed by atoms with Crippen LogP contribution in [0.4, 0.5) is 15.8 Å². The fourth-order valence-corrected chi connectivity index (χ4v) is 3.38. The molecule has 2 aromatic carbocycles. The Balaban J connectivity index is 1.81. The molecule has 1 fully saturated rings. The number of anilines is 2. The molecule has 128 valence electrons. The van der Waals surface area contributed by atoms with Crippen molar-refractivity contribution in [2.75, 3.05) is 23.3 Å². The Hall–Kier alpha value is -1.78. The highest BCUT2D eigenvalue weighted by Gasteiger charge is 2.17. The van der Waals surface area contributed by atoms with Gasteiger partial charge in [0.25, 0.3) is 0 Å². The highest BCUT2D eigenvalue weighted by atomic mass is 35.5. The van der Waals surface area contributed by atoms with Gasteiger partial charge in [-0.3, -0.25) is 0 Å². The highest BCUT2D eigenvalue weighted by Crippen LogP contribution is 2.31. The van der Waals surface area contributed by atoms with Gasteiger partial charge < -0.3 is 15.3 Å². The fraction of sp³-hybridized carbons (Fsp3) is 0.368. The summed E-state index contributed by atoms with van der Waals surface area (Å²) < 4.78 is 13.7. The monoisotopic (exact) mass is 348 g/mol. The SMILES string of the molecule is CC(O)c1cc(NCc2c(Cl)cccc2N2CCCC2)ccc1F. The zero-order valence-corrected chi connectivity index (χ0v) is 14.5. The molecule has 0 bridgehead atoms. The van der Waals surface area contributed by atoms with Crippen LogP contribution in [0.15, 0.2) is 36.4 Å². The third kappa shape index (κ3) is 3.65. The summed E-state index contributed by atoms with van der Waals surface area (Å²) in [6, 6.07) is 10.7. The van der Waals surface area contributed by atoms with Crippen molar-refractivity contribution >= 4 is 23.0 Å². The Bertz CT molecular complexity index is 715. The average Bonchev–Trinajstić information content (AvgIpc) is 3.09. The van der Waals surface area contributed by atoms with Gasteiger partial charge in [-0.05, 0) is 50.1 Å². The van der Waals surface area contributed by atoms with Crippen LogP contribution in [0, 0.1) is 5.82 Å². The minimum absolute atomic E-state index is 0.291. The molecular formula is C19H22ClFN2O. The zero-order chi connectivity index (χ0) is 17.1. The minimum Gasteiger partial charge on any atom is -0.389 e. The summed E-state index contributed by atoms with van der Waals surface area (Å²) in [5, 5.41) is 13.7. The van der Waals surface area contributed by atoms with E-state index in [2.05, 4.69) is 16.3 Å². The molecule has 24 heavy (non-hydrogen) atoms. The van der Waals surface area contributed by atoms with Gasteiger partial charge in [-0.1, -0.05) is 17.7 Å². The highest BCUT2D eigenvalue weighted by molar-refractivity contribution is 6.31. The second-order valence-corrected chi connectivity index (χ2v) is 6.60. The van der Waals surface area contributed by atoms with E-state index in [9.17, 15) is 9.50 Å². The first-order valence-corrected chi connectivity index (χ1v) is 8.68. The van der Waals surface area contributed by atoms with Gasteiger partial charge in [0.1, 0.15) is 5.82 Å². The maximum Gasteiger partial charge on any atom is 0.129 e. The van der Waals surface area contributed by atoms with Gasteiger partial charge in [-0.25, -0.2) is 4.39 Å². The number of nitrogens with zero attached hydrogens (tertiary/aromatic N) is 1. The Labute approximate surface area is 147 Å². The third-order valence-corrected chi connectivity index (χ3v) is 4.81. The number of benzene rings is 2. The second kappa shape index (κ2) is 7.41. The molecule has 5 heteroatoms. The first-order chi connectivity index (χ1) is 11.6. The van der Waals surface area contributed by atoms with Gasteiger partial charge in [-0.2, -0.15) is 0 Å². The molecule has 3 rings (SSSR count). The van der Waals surface area contributed by atoms with Crippen molar-refractivity contribution < 1.29 is 9.50 Å². The van der Waals surface area contributed by atoms with E-state index >= 15 is 0 Å². The fourth-order valence-electron chi connectivity index (χ4n) is 3.14. The summed E-state index contributed by atoms with van der Waals surface area (Å²) in [6.07, 6.45) is 1.57. The first kappa shape index (κ1) is 17.1. The molecule has 3 nitrogen and oxygen atoms in total. The predicted molar refractivity (Wildman–Crippen MR) is 97.3 cm³/mol. The molecule has 1 unspecified atom stereocenters. The molecule has 0 saturated carbocycles. The topological polar surface area (TPSA) is 35.5 Å². The van der Waals surface area contributed by atoms with Crippen LogP contribution in [-0.4, -0.2) is 18.2 Å². The van der Waals surface area contributed by atoms with Gasteiger partial charge in [0.05, 0.1) is 6.10 Å². The third-order valence-electron chi connectivity index (χ3n) is 4.46. The van der Waals surface area contributed by atoms with Crippen molar-refractivity contribution in [2.45, 2.75) is 32.4 Å². The van der Waals surface area contributed by atoms with E-state index in [4.69, 9.17) is 11.6 Å². The van der Waals surface area contributed by atoms with Crippen LogP contribution in [-0.2, 0) is 6.54 Å². The van der Waals surface area contributed by atoms with Crippen LogP contribution >= 0.6 is 11.6 Å². The molecule has 1 aliphatic heterocycles. The average molecular weight is 349 g/mol. The zero-order valence-electron chi connectivity index (χ0n) is 13.7. The van der Waals surface area contributed by atoms with Crippen molar-refractivity contribution in [3.8, 4) is 0 Å². The Kier molecular flexibility index (Phi) is 5.27. The van der Waals surface area contributed by atoms with Crippen molar-refractivity contribution in [3.05, 3.63) is 58.4 Å². The normalized spacial score (nSPS) is 15.6. The van der Waals surface area contributed by atoms with Crippen LogP contribution in [0.5, 0.6) is 0 Å². The molecule has 1 aliphatic rings. The summed E-state index contributed by atoms with van der Waals surface area (Å²) in [6.45, 7) is 4.21. The van der Waals surface area contributed by atoms with E-state index < -0.39 is 11.9 Å². The Morgan fingerprint density at radius 3 is 2.71 bits per heavy atom. The number of aliphatic hydroxyl groups is 1. The van der Waals surface area contributed by atoms with E-state index in [1.165, 1.54) is 18.9 Å². The summed E-state index contributed by atoms with van der Waals surface area (Å²) in [7, 11) is 0. The first-order valence-electron chi connectivity index (χ1n) is 8.30. The van der Waals surface area contributed by atoms with Crippen LogP contribution in [0.1, 0.15) is 37.0 Å². The molecule has 0 radical (unpaired) electrons. The number of nitrogens with one attached hydrogen (secondary N) is 1. The Morgan fingerprint density at radius 2 is 2.00 bits per heavy atom. The maximum absolute atomic E-state index is 13.7. The lowest BCUT2D eigenvalue weighted by Crippen LogP contribution is -2.20. The van der Waals surface area contributed by atoms with Crippen LogP contribution in [0.3, 0.4) is 0 Å². The van der Waals surface area contributed by atoms with Gasteiger partial charge in [-0.15, -0.1) is 0 Å². The predicted octanol–water partition coefficient (Wildman–Crippen LogP) is 4.74. The molecule has 1 heterocycles. The van der Waals surface area contributed by atoms with E-state index in [0.717, 1.165) is 35.1 Å². The van der Waals surface area contributed by atoms with Crippen molar-refractivity contribution in [2.24, 2.45) is 0 Å². The lowest BCUT2D eigenvalue weighted by molar-refractivity contribution is 0.194. The molecule has 2 N–H and O–H groups in total. The standard InChI is InChI=1S/C19H22ClFN2O/c1-13(24)15-11-14(7-8-18(15)21)22-12-16-17(20)5-4-6-19(16)23-9-2-3-10-23/h4-8,11,13,22,24H,2-3,9-10,12H2,1H3. The quantitative estimate of drug-likeness (QED) is 0.818. The van der Waals surface area contributed by atoms with Gasteiger partial charge in [0.15, 0.2) is 0 Å². The summed E-state index contributed by atoms with van der Waals surface area (Å²) in [5.74, 6) is -0.397. The van der Waals surface area contributed by atoms with E-state index in [1.54, 1.807) is 19.1 Å². The van der Waals surface area contributed by atoms with E-state index in [1.807, 2.05) is 12.1 Å². The van der Waals surface area contributed by atoms with Crippen molar-refractivity contribution in [1.82, 2.24) is 0 Å². The smallest absolute Gasteiger partial charge is 0.129 e. The molecule has 0 aliphatic carbocycles. The van der Waals surface area contributed by atoms with Crippen molar-refractivity contribution in [3.63, 3.8) is 0 Å². The van der Waals surface area contributed by atoms with E-state index in [-0.39, 0.29) is 0 Å². The molecule has 1 atom stereocenters.